The Kier molecular flexibility index (Phi) is 5.95. The molecule has 0 saturated carbocycles. The van der Waals surface area contributed by atoms with Crippen molar-refractivity contribution in [2.24, 2.45) is 0 Å². The number of methoxy groups -OCH3 is 1. The highest BCUT2D eigenvalue weighted by Gasteiger charge is 2.27. The van der Waals surface area contributed by atoms with Crippen molar-refractivity contribution in [3.05, 3.63) is 47.3 Å². The fourth-order valence-electron chi connectivity index (χ4n) is 4.21. The average Bonchev–Trinajstić information content (AvgIpc) is 3.25. The fraction of sp³-hybridized carbons (Fsp3) is 0.545. The number of carbonyl (C=O) groups is 1. The molecule has 1 aromatic heterocycles. The molecule has 0 unspecified atom stereocenters. The monoisotopic (exact) mass is 383 g/mol. The Labute approximate surface area is 166 Å². The summed E-state index contributed by atoms with van der Waals surface area (Å²) in [4.78, 5) is 16.9. The molecule has 6 nitrogen and oxygen atoms in total. The van der Waals surface area contributed by atoms with Gasteiger partial charge in [-0.2, -0.15) is 0 Å². The van der Waals surface area contributed by atoms with Gasteiger partial charge in [-0.05, 0) is 62.9 Å². The van der Waals surface area contributed by atoms with Crippen LogP contribution in [0.5, 0.6) is 5.75 Å². The van der Waals surface area contributed by atoms with Gasteiger partial charge in [0.05, 0.1) is 12.8 Å². The minimum Gasteiger partial charge on any atom is -0.497 e. The molecule has 0 atom stereocenters. The number of hydrogen-bond donors (Lipinski definition) is 0. The molecule has 28 heavy (non-hydrogen) atoms. The molecule has 1 amide bonds. The molecule has 0 N–H and O–H groups in total. The van der Waals surface area contributed by atoms with Crippen LogP contribution in [0.2, 0.25) is 0 Å². The van der Waals surface area contributed by atoms with Crippen molar-refractivity contribution in [3.63, 3.8) is 0 Å². The second kappa shape index (κ2) is 8.78. The molecule has 0 bridgehead atoms. The molecule has 2 aliphatic heterocycles. The first kappa shape index (κ1) is 19.0. The number of rotatable bonds is 5. The minimum absolute atomic E-state index is 0.00427. The molecule has 1 aromatic carbocycles. The molecule has 0 spiro atoms. The van der Waals surface area contributed by atoms with E-state index in [1.54, 1.807) is 7.11 Å². The molecule has 0 aliphatic carbocycles. The van der Waals surface area contributed by atoms with E-state index in [1.165, 1.54) is 12.0 Å². The van der Waals surface area contributed by atoms with Crippen LogP contribution >= 0.6 is 0 Å². The van der Waals surface area contributed by atoms with Gasteiger partial charge in [0.1, 0.15) is 5.75 Å². The summed E-state index contributed by atoms with van der Waals surface area (Å²) < 4.78 is 10.6. The maximum absolute atomic E-state index is 12.6. The van der Waals surface area contributed by atoms with Crippen molar-refractivity contribution >= 4 is 5.91 Å². The van der Waals surface area contributed by atoms with Gasteiger partial charge in [0.25, 0.3) is 5.91 Å². The van der Waals surface area contributed by atoms with E-state index in [0.29, 0.717) is 11.7 Å². The van der Waals surface area contributed by atoms with E-state index in [-0.39, 0.29) is 5.91 Å². The summed E-state index contributed by atoms with van der Waals surface area (Å²) in [6.45, 7) is 4.67. The lowest BCUT2D eigenvalue weighted by atomic mass is 9.93. The number of ether oxygens (including phenoxy) is 1. The third-order valence-corrected chi connectivity index (χ3v) is 5.95. The maximum atomic E-state index is 12.6. The maximum Gasteiger partial charge on any atom is 0.292 e. The normalized spacial score (nSPS) is 19.0. The van der Waals surface area contributed by atoms with E-state index in [4.69, 9.17) is 9.26 Å². The second-order valence-electron chi connectivity index (χ2n) is 7.87. The fourth-order valence-corrected chi connectivity index (χ4v) is 4.21. The van der Waals surface area contributed by atoms with Crippen molar-refractivity contribution in [2.45, 2.75) is 44.6 Å². The first-order valence-corrected chi connectivity index (χ1v) is 10.3. The first-order chi connectivity index (χ1) is 13.7. The van der Waals surface area contributed by atoms with Gasteiger partial charge >= 0.3 is 0 Å². The van der Waals surface area contributed by atoms with Crippen LogP contribution < -0.4 is 4.74 Å². The van der Waals surface area contributed by atoms with Crippen LogP contribution in [0.25, 0.3) is 0 Å². The summed E-state index contributed by atoms with van der Waals surface area (Å²) in [7, 11) is 1.69. The number of likely N-dealkylation sites (tertiary alicyclic amines) is 2. The summed E-state index contributed by atoms with van der Waals surface area (Å²) in [5.41, 5.74) is 2.24. The van der Waals surface area contributed by atoms with Gasteiger partial charge in [0.2, 0.25) is 5.76 Å². The molecule has 2 saturated heterocycles. The Bertz CT molecular complexity index is 773. The van der Waals surface area contributed by atoms with E-state index in [9.17, 15) is 4.79 Å². The van der Waals surface area contributed by atoms with Crippen LogP contribution in [0.15, 0.2) is 34.9 Å². The molecule has 150 valence electrons. The Hall–Kier alpha value is -2.34. The highest BCUT2D eigenvalue weighted by atomic mass is 16.5. The summed E-state index contributed by atoms with van der Waals surface area (Å²) in [6, 6.07) is 10.2. The average molecular weight is 383 g/mol. The first-order valence-electron chi connectivity index (χ1n) is 10.3. The molecule has 4 rings (SSSR count). The Morgan fingerprint density at radius 2 is 1.82 bits per heavy atom. The summed E-state index contributed by atoms with van der Waals surface area (Å²) in [6.07, 6.45) is 5.46. The number of carbonyl (C=O) groups excluding carboxylic acids is 1. The van der Waals surface area contributed by atoms with Gasteiger partial charge in [-0.15, -0.1) is 0 Å². The number of aromatic nitrogens is 1. The summed E-state index contributed by atoms with van der Waals surface area (Å²) >= 11 is 0. The highest BCUT2D eigenvalue weighted by molar-refractivity contribution is 5.91. The van der Waals surface area contributed by atoms with Gasteiger partial charge in [0, 0.05) is 31.6 Å². The third-order valence-electron chi connectivity index (χ3n) is 5.95. The molecular weight excluding hydrogens is 354 g/mol. The second-order valence-corrected chi connectivity index (χ2v) is 7.87. The van der Waals surface area contributed by atoms with Crippen molar-refractivity contribution < 1.29 is 14.1 Å². The van der Waals surface area contributed by atoms with Crippen molar-refractivity contribution in [1.82, 2.24) is 15.0 Å². The van der Waals surface area contributed by atoms with E-state index in [2.05, 4.69) is 22.2 Å². The molecule has 2 aliphatic rings. The van der Waals surface area contributed by atoms with Gasteiger partial charge in [0.15, 0.2) is 0 Å². The quantitative estimate of drug-likeness (QED) is 0.788. The van der Waals surface area contributed by atoms with Gasteiger partial charge in [-0.1, -0.05) is 17.3 Å². The Balaban J connectivity index is 1.30. The predicted molar refractivity (Wildman–Crippen MR) is 107 cm³/mol. The molecule has 0 radical (unpaired) electrons. The van der Waals surface area contributed by atoms with Gasteiger partial charge < -0.3 is 14.2 Å². The van der Waals surface area contributed by atoms with Crippen LogP contribution in [0.1, 0.15) is 59.8 Å². The third kappa shape index (κ3) is 4.38. The molecule has 6 heteroatoms. The van der Waals surface area contributed by atoms with Crippen LogP contribution in [-0.2, 0) is 6.54 Å². The van der Waals surface area contributed by atoms with Crippen LogP contribution in [-0.4, -0.2) is 54.2 Å². The standard InChI is InChI=1S/C22H29N3O3/c1-27-19-7-5-17(6-8-19)16-24-13-9-18(10-14-24)20-15-21(28-23-20)22(26)25-11-3-2-4-12-25/h5-8,15,18H,2-4,9-14,16H2,1H3. The molecule has 3 heterocycles. The summed E-state index contributed by atoms with van der Waals surface area (Å²) in [5, 5.41) is 4.23. The SMILES string of the molecule is COc1ccc(CN2CCC(c3cc(C(=O)N4CCCCC4)on3)CC2)cc1. The molecule has 2 aromatic rings. The lowest BCUT2D eigenvalue weighted by molar-refractivity contribution is 0.0682. The zero-order valence-corrected chi connectivity index (χ0v) is 16.6. The lowest BCUT2D eigenvalue weighted by Crippen LogP contribution is -2.35. The number of hydrogen-bond acceptors (Lipinski definition) is 5. The Morgan fingerprint density at radius 3 is 2.50 bits per heavy atom. The van der Waals surface area contributed by atoms with Crippen molar-refractivity contribution in [2.75, 3.05) is 33.3 Å². The Morgan fingerprint density at radius 1 is 1.11 bits per heavy atom. The van der Waals surface area contributed by atoms with E-state index >= 15 is 0 Å². The number of benzene rings is 1. The topological polar surface area (TPSA) is 58.8 Å². The zero-order chi connectivity index (χ0) is 19.3. The van der Waals surface area contributed by atoms with Crippen molar-refractivity contribution in [3.8, 4) is 5.75 Å². The van der Waals surface area contributed by atoms with E-state index in [1.807, 2.05) is 23.1 Å². The lowest BCUT2D eigenvalue weighted by Gasteiger charge is -2.31. The molecular formula is C22H29N3O3. The predicted octanol–water partition coefficient (Wildman–Crippen LogP) is 3.69. The smallest absolute Gasteiger partial charge is 0.292 e. The largest absolute Gasteiger partial charge is 0.497 e. The zero-order valence-electron chi connectivity index (χ0n) is 16.6. The number of nitrogens with zero attached hydrogens (tertiary/aromatic N) is 3. The molecule has 2 fully saturated rings. The number of piperidine rings is 2. The van der Waals surface area contributed by atoms with Crippen LogP contribution in [0.3, 0.4) is 0 Å². The van der Waals surface area contributed by atoms with Crippen LogP contribution in [0, 0.1) is 0 Å². The van der Waals surface area contributed by atoms with E-state index < -0.39 is 0 Å². The van der Waals surface area contributed by atoms with Gasteiger partial charge in [-0.25, -0.2) is 0 Å². The van der Waals surface area contributed by atoms with Crippen LogP contribution in [0.4, 0.5) is 0 Å². The van der Waals surface area contributed by atoms with Crippen molar-refractivity contribution in [1.29, 1.82) is 0 Å². The summed E-state index contributed by atoms with van der Waals surface area (Å²) in [5.74, 6) is 1.66. The number of amides is 1. The van der Waals surface area contributed by atoms with E-state index in [0.717, 1.165) is 69.9 Å². The van der Waals surface area contributed by atoms with Gasteiger partial charge in [-0.3, -0.25) is 9.69 Å². The highest BCUT2D eigenvalue weighted by Crippen LogP contribution is 2.29. The minimum atomic E-state index is -0.00427.